The van der Waals surface area contributed by atoms with Crippen LogP contribution < -0.4 is 5.32 Å². The molecule has 3 nitrogen and oxygen atoms in total. The lowest BCUT2D eigenvalue weighted by molar-refractivity contribution is -0.178. The molecule has 1 aromatic rings. The van der Waals surface area contributed by atoms with Gasteiger partial charge in [0, 0.05) is 28.9 Å². The van der Waals surface area contributed by atoms with Crippen molar-refractivity contribution in [1.29, 1.82) is 0 Å². The van der Waals surface area contributed by atoms with Gasteiger partial charge in [0.25, 0.3) is 0 Å². The topological polar surface area (TPSA) is 34.1 Å². The van der Waals surface area contributed by atoms with Crippen LogP contribution in [0.25, 0.3) is 0 Å². The summed E-state index contributed by atoms with van der Waals surface area (Å²) in [5.41, 5.74) is 1.87. The van der Waals surface area contributed by atoms with Crippen LogP contribution in [0.15, 0.2) is 0 Å². The second-order valence-corrected chi connectivity index (χ2v) is 8.59. The summed E-state index contributed by atoms with van der Waals surface area (Å²) in [5, 5.41) is 5.27. The molecule has 21 heavy (non-hydrogen) atoms. The van der Waals surface area contributed by atoms with Gasteiger partial charge in [-0.2, -0.15) is 0 Å². The smallest absolute Gasteiger partial charge is 0.110 e. The van der Waals surface area contributed by atoms with Crippen molar-refractivity contribution in [2.24, 2.45) is 11.3 Å². The first-order chi connectivity index (χ1) is 10.3. The highest BCUT2D eigenvalue weighted by Crippen LogP contribution is 2.63. The van der Waals surface area contributed by atoms with Crippen molar-refractivity contribution in [2.45, 2.75) is 70.1 Å². The van der Waals surface area contributed by atoms with Crippen LogP contribution in [-0.2, 0) is 17.6 Å². The molecular weight excluding hydrogens is 280 g/mol. The zero-order valence-corrected chi connectivity index (χ0v) is 13.5. The van der Waals surface area contributed by atoms with Gasteiger partial charge >= 0.3 is 0 Å². The lowest BCUT2D eigenvalue weighted by Gasteiger charge is -2.64. The van der Waals surface area contributed by atoms with E-state index in [4.69, 9.17) is 9.72 Å². The van der Waals surface area contributed by atoms with Gasteiger partial charge in [-0.1, -0.05) is 6.42 Å². The molecule has 4 atom stereocenters. The molecule has 0 aromatic carbocycles. The molecule has 1 spiro atoms. The minimum atomic E-state index is 0.407. The molecule has 4 aliphatic rings. The summed E-state index contributed by atoms with van der Waals surface area (Å²) in [6, 6.07) is 1.08. The van der Waals surface area contributed by atoms with E-state index in [2.05, 4.69) is 12.2 Å². The summed E-state index contributed by atoms with van der Waals surface area (Å²) < 4.78 is 6.02. The molecular formula is C17H24N2OS. The quantitative estimate of drug-likeness (QED) is 0.931. The fourth-order valence-corrected chi connectivity index (χ4v) is 6.40. The summed E-state index contributed by atoms with van der Waals surface area (Å²) >= 11 is 1.95. The standard InChI is InChI=1S/C17H24N2OS/c1-10(16-19-12-4-2-5-13(12)21-16)18-14-11-6-9-20-15(11)17(14)7-3-8-17/h10-11,14-15,18H,2-9H2,1H3. The maximum Gasteiger partial charge on any atom is 0.110 e. The molecule has 0 radical (unpaired) electrons. The van der Waals surface area contributed by atoms with Crippen LogP contribution in [0.3, 0.4) is 0 Å². The molecule has 1 aromatic heterocycles. The Bertz CT molecular complexity index is 544. The average Bonchev–Trinajstić information content (AvgIpc) is 3.07. The number of hydrogen-bond donors (Lipinski definition) is 1. The Labute approximate surface area is 130 Å². The van der Waals surface area contributed by atoms with E-state index in [1.54, 1.807) is 4.88 Å². The first-order valence-corrected chi connectivity index (χ1v) is 9.46. The predicted octanol–water partition coefficient (Wildman–Crippen LogP) is 3.24. The third-order valence-electron chi connectivity index (χ3n) is 6.45. The Balaban J connectivity index is 1.34. The van der Waals surface area contributed by atoms with Crippen molar-refractivity contribution in [2.75, 3.05) is 6.61 Å². The van der Waals surface area contributed by atoms with E-state index in [1.165, 1.54) is 55.6 Å². The molecule has 3 fully saturated rings. The molecule has 0 amide bonds. The van der Waals surface area contributed by atoms with Crippen LogP contribution in [0.1, 0.15) is 60.6 Å². The van der Waals surface area contributed by atoms with Gasteiger partial charge in [0.15, 0.2) is 0 Å². The van der Waals surface area contributed by atoms with Crippen LogP contribution in [0.2, 0.25) is 0 Å². The van der Waals surface area contributed by atoms with Gasteiger partial charge < -0.3 is 10.1 Å². The number of ether oxygens (including phenoxy) is 1. The summed E-state index contributed by atoms with van der Waals surface area (Å²) in [6.45, 7) is 3.29. The normalized spacial score (nSPS) is 36.9. The highest BCUT2D eigenvalue weighted by molar-refractivity contribution is 7.11. The lowest BCUT2D eigenvalue weighted by atomic mass is 9.46. The summed E-state index contributed by atoms with van der Waals surface area (Å²) in [5.74, 6) is 0.763. The van der Waals surface area contributed by atoms with Crippen LogP contribution in [0.4, 0.5) is 0 Å². The van der Waals surface area contributed by atoms with Gasteiger partial charge in [-0.15, -0.1) is 11.3 Å². The van der Waals surface area contributed by atoms with E-state index in [9.17, 15) is 0 Å². The maximum absolute atomic E-state index is 6.02. The summed E-state index contributed by atoms with van der Waals surface area (Å²) in [4.78, 5) is 6.45. The minimum Gasteiger partial charge on any atom is -0.377 e. The Hall–Kier alpha value is -0.450. The highest BCUT2D eigenvalue weighted by Gasteiger charge is 2.66. The van der Waals surface area contributed by atoms with Gasteiger partial charge in [-0.05, 0) is 45.4 Å². The van der Waals surface area contributed by atoms with Crippen LogP contribution >= 0.6 is 11.3 Å². The number of fused-ring (bicyclic) bond motifs is 3. The monoisotopic (exact) mass is 304 g/mol. The molecule has 114 valence electrons. The fourth-order valence-electron chi connectivity index (χ4n) is 5.23. The third-order valence-corrected chi connectivity index (χ3v) is 7.79. The second kappa shape index (κ2) is 4.53. The highest BCUT2D eigenvalue weighted by atomic mass is 32.1. The minimum absolute atomic E-state index is 0.407. The molecule has 3 aliphatic carbocycles. The van der Waals surface area contributed by atoms with E-state index in [0.717, 1.165) is 12.5 Å². The van der Waals surface area contributed by atoms with E-state index >= 15 is 0 Å². The Morgan fingerprint density at radius 1 is 1.33 bits per heavy atom. The number of rotatable bonds is 3. The molecule has 2 saturated carbocycles. The third kappa shape index (κ3) is 1.70. The van der Waals surface area contributed by atoms with E-state index in [1.807, 2.05) is 11.3 Å². The van der Waals surface area contributed by atoms with E-state index in [-0.39, 0.29) is 0 Å². The molecule has 1 saturated heterocycles. The number of aromatic nitrogens is 1. The van der Waals surface area contributed by atoms with Gasteiger partial charge in [0.1, 0.15) is 5.01 Å². The molecule has 0 bridgehead atoms. The number of nitrogens with zero attached hydrogens (tertiary/aromatic N) is 1. The molecule has 4 heteroatoms. The van der Waals surface area contributed by atoms with Crippen LogP contribution in [0, 0.1) is 11.3 Å². The second-order valence-electron chi connectivity index (χ2n) is 7.47. The number of thiazole rings is 1. The van der Waals surface area contributed by atoms with Gasteiger partial charge in [0.05, 0.1) is 17.8 Å². The molecule has 2 heterocycles. The Morgan fingerprint density at radius 3 is 3.00 bits per heavy atom. The largest absolute Gasteiger partial charge is 0.377 e. The van der Waals surface area contributed by atoms with E-state index < -0.39 is 0 Å². The summed E-state index contributed by atoms with van der Waals surface area (Å²) in [7, 11) is 0. The molecule has 1 N–H and O–H groups in total. The maximum atomic E-state index is 6.02. The fraction of sp³-hybridized carbons (Fsp3) is 0.824. The van der Waals surface area contributed by atoms with E-state index in [0.29, 0.717) is 23.6 Å². The van der Waals surface area contributed by atoms with Crippen molar-refractivity contribution in [3.63, 3.8) is 0 Å². The average molecular weight is 304 g/mol. The van der Waals surface area contributed by atoms with Crippen molar-refractivity contribution < 1.29 is 4.74 Å². The van der Waals surface area contributed by atoms with Crippen molar-refractivity contribution in [1.82, 2.24) is 10.3 Å². The van der Waals surface area contributed by atoms with Crippen molar-refractivity contribution in [3.05, 3.63) is 15.6 Å². The zero-order valence-electron chi connectivity index (χ0n) is 12.7. The zero-order chi connectivity index (χ0) is 14.0. The number of hydrogen-bond acceptors (Lipinski definition) is 4. The predicted molar refractivity (Wildman–Crippen MR) is 83.6 cm³/mol. The van der Waals surface area contributed by atoms with Crippen molar-refractivity contribution >= 4 is 11.3 Å². The lowest BCUT2D eigenvalue weighted by Crippen LogP contribution is -2.71. The molecule has 5 rings (SSSR count). The van der Waals surface area contributed by atoms with Gasteiger partial charge in [0.2, 0.25) is 0 Å². The summed E-state index contributed by atoms with van der Waals surface area (Å²) in [6.07, 6.45) is 9.71. The first kappa shape index (κ1) is 13.0. The Kier molecular flexibility index (Phi) is 2.81. The van der Waals surface area contributed by atoms with Crippen LogP contribution in [-0.4, -0.2) is 23.7 Å². The van der Waals surface area contributed by atoms with Crippen LogP contribution in [0.5, 0.6) is 0 Å². The molecule has 1 aliphatic heterocycles. The Morgan fingerprint density at radius 2 is 2.24 bits per heavy atom. The SMILES string of the molecule is CC(NC1C2CCOC2C12CCC2)c1nc2c(s1)CCC2. The van der Waals surface area contributed by atoms with Gasteiger partial charge in [-0.3, -0.25) is 0 Å². The number of nitrogens with one attached hydrogen (secondary N) is 1. The number of aryl methyl sites for hydroxylation is 2. The van der Waals surface area contributed by atoms with Gasteiger partial charge in [-0.25, -0.2) is 4.98 Å². The van der Waals surface area contributed by atoms with Crippen molar-refractivity contribution in [3.8, 4) is 0 Å². The molecule has 4 unspecified atom stereocenters. The first-order valence-electron chi connectivity index (χ1n) is 8.64.